The molecule has 1 aromatic carbocycles. The van der Waals surface area contributed by atoms with E-state index in [9.17, 15) is 14.4 Å². The van der Waals surface area contributed by atoms with Crippen LogP contribution in [0.3, 0.4) is 0 Å². The van der Waals surface area contributed by atoms with Crippen molar-refractivity contribution in [1.82, 2.24) is 10.0 Å². The van der Waals surface area contributed by atoms with E-state index in [0.717, 1.165) is 5.75 Å². The standard InChI is InChI=1S/C17H14N2O4S2/c20-15-6-7-16(21)19(15)23-17(22)13-8-9-18-14(10-13)25-24-11-12-4-2-1-3-5-12/h1-5,8-10H,6-7,11H2. The maximum atomic E-state index is 12.1. The van der Waals surface area contributed by atoms with E-state index in [1.807, 2.05) is 30.3 Å². The zero-order chi connectivity index (χ0) is 17.6. The second-order valence-corrected chi connectivity index (χ2v) is 7.49. The van der Waals surface area contributed by atoms with Gasteiger partial charge in [-0.15, -0.1) is 5.06 Å². The molecule has 0 spiro atoms. The lowest BCUT2D eigenvalue weighted by molar-refractivity contribution is -0.172. The Balaban J connectivity index is 1.58. The van der Waals surface area contributed by atoms with Crippen LogP contribution in [-0.4, -0.2) is 27.8 Å². The molecule has 0 radical (unpaired) electrons. The number of imide groups is 1. The first kappa shape index (κ1) is 17.5. The lowest BCUT2D eigenvalue weighted by atomic mass is 10.2. The molecule has 1 aliphatic rings. The summed E-state index contributed by atoms with van der Waals surface area (Å²) in [7, 11) is 3.04. The summed E-state index contributed by atoms with van der Waals surface area (Å²) in [6.07, 6.45) is 1.63. The number of pyridine rings is 1. The van der Waals surface area contributed by atoms with Gasteiger partial charge in [0, 0.05) is 24.8 Å². The predicted octanol–water partition coefficient (Wildman–Crippen LogP) is 3.24. The number of carbonyl (C=O) groups is 3. The highest BCUT2D eigenvalue weighted by atomic mass is 33.1. The van der Waals surface area contributed by atoms with Gasteiger partial charge in [-0.2, -0.15) is 0 Å². The van der Waals surface area contributed by atoms with Crippen molar-refractivity contribution in [3.63, 3.8) is 0 Å². The van der Waals surface area contributed by atoms with E-state index in [1.165, 1.54) is 28.6 Å². The van der Waals surface area contributed by atoms with Gasteiger partial charge in [-0.05, 0) is 28.5 Å². The van der Waals surface area contributed by atoms with E-state index in [1.54, 1.807) is 16.9 Å². The van der Waals surface area contributed by atoms with Gasteiger partial charge in [0.2, 0.25) is 0 Å². The molecule has 0 unspecified atom stereocenters. The summed E-state index contributed by atoms with van der Waals surface area (Å²) >= 11 is 0. The summed E-state index contributed by atoms with van der Waals surface area (Å²) in [4.78, 5) is 44.2. The number of amides is 2. The van der Waals surface area contributed by atoms with Crippen molar-refractivity contribution in [3.05, 3.63) is 59.8 Å². The van der Waals surface area contributed by atoms with Crippen LogP contribution >= 0.6 is 21.6 Å². The average molecular weight is 374 g/mol. The number of hydrogen-bond donors (Lipinski definition) is 0. The summed E-state index contributed by atoms with van der Waals surface area (Å²) in [5.74, 6) is -0.944. The third-order valence-corrected chi connectivity index (χ3v) is 5.55. The largest absolute Gasteiger partial charge is 0.364 e. The Morgan fingerprint density at radius 1 is 1.12 bits per heavy atom. The molecular weight excluding hydrogens is 360 g/mol. The first-order valence-electron chi connectivity index (χ1n) is 7.51. The van der Waals surface area contributed by atoms with Crippen LogP contribution in [0.15, 0.2) is 53.7 Å². The maximum absolute atomic E-state index is 12.1. The van der Waals surface area contributed by atoms with Crippen LogP contribution in [0.4, 0.5) is 0 Å². The molecule has 0 atom stereocenters. The molecule has 6 nitrogen and oxygen atoms in total. The zero-order valence-electron chi connectivity index (χ0n) is 13.1. The Morgan fingerprint density at radius 2 is 1.84 bits per heavy atom. The smallest absolute Gasteiger partial charge is 0.325 e. The molecule has 0 aliphatic carbocycles. The number of nitrogens with zero attached hydrogens (tertiary/aromatic N) is 2. The molecule has 2 heterocycles. The molecule has 1 fully saturated rings. The molecule has 0 bridgehead atoms. The van der Waals surface area contributed by atoms with Crippen LogP contribution in [0.1, 0.15) is 28.8 Å². The van der Waals surface area contributed by atoms with Crippen molar-refractivity contribution >= 4 is 39.4 Å². The molecule has 3 rings (SSSR count). The molecule has 1 aliphatic heterocycles. The molecule has 25 heavy (non-hydrogen) atoms. The van der Waals surface area contributed by atoms with E-state index in [0.29, 0.717) is 10.1 Å². The molecule has 0 saturated carbocycles. The molecule has 2 amide bonds. The van der Waals surface area contributed by atoms with Gasteiger partial charge >= 0.3 is 5.97 Å². The monoisotopic (exact) mass is 374 g/mol. The van der Waals surface area contributed by atoms with Crippen LogP contribution in [-0.2, 0) is 20.2 Å². The third-order valence-electron chi connectivity index (χ3n) is 3.36. The van der Waals surface area contributed by atoms with Gasteiger partial charge in [0.25, 0.3) is 11.8 Å². The highest BCUT2D eigenvalue weighted by molar-refractivity contribution is 8.76. The number of carbonyl (C=O) groups excluding carboxylic acids is 3. The van der Waals surface area contributed by atoms with Crippen LogP contribution < -0.4 is 0 Å². The summed E-state index contributed by atoms with van der Waals surface area (Å²) in [6, 6.07) is 13.1. The Morgan fingerprint density at radius 3 is 2.56 bits per heavy atom. The summed E-state index contributed by atoms with van der Waals surface area (Å²) in [5.41, 5.74) is 1.44. The SMILES string of the molecule is O=C(ON1C(=O)CCC1=O)c1ccnc(SSCc2ccccc2)c1. The Labute approximate surface area is 152 Å². The lowest BCUT2D eigenvalue weighted by Crippen LogP contribution is -2.32. The van der Waals surface area contributed by atoms with Gasteiger partial charge in [0.05, 0.1) is 5.56 Å². The Kier molecular flexibility index (Phi) is 5.72. The van der Waals surface area contributed by atoms with Crippen molar-refractivity contribution in [1.29, 1.82) is 0 Å². The summed E-state index contributed by atoms with van der Waals surface area (Å²) in [6.45, 7) is 0. The molecule has 0 N–H and O–H groups in total. The molecular formula is C17H14N2O4S2. The minimum absolute atomic E-state index is 0.0691. The fourth-order valence-corrected chi connectivity index (χ4v) is 4.12. The number of hydroxylamine groups is 2. The van der Waals surface area contributed by atoms with Gasteiger partial charge in [-0.1, -0.05) is 41.1 Å². The van der Waals surface area contributed by atoms with E-state index in [2.05, 4.69) is 4.98 Å². The number of hydrogen-bond acceptors (Lipinski definition) is 7. The van der Waals surface area contributed by atoms with Gasteiger partial charge in [-0.3, -0.25) is 9.59 Å². The fourth-order valence-electron chi connectivity index (χ4n) is 2.11. The van der Waals surface area contributed by atoms with E-state index < -0.39 is 17.8 Å². The second kappa shape index (κ2) is 8.17. The molecule has 2 aromatic rings. The molecule has 1 aromatic heterocycles. The first-order chi connectivity index (χ1) is 12.1. The highest BCUT2D eigenvalue weighted by Crippen LogP contribution is 2.32. The lowest BCUT2D eigenvalue weighted by Gasteiger charge is -2.12. The molecule has 1 saturated heterocycles. The minimum atomic E-state index is -0.749. The summed E-state index contributed by atoms with van der Waals surface area (Å²) < 4.78 is 0. The molecule has 128 valence electrons. The van der Waals surface area contributed by atoms with Crippen LogP contribution in [0.2, 0.25) is 0 Å². The number of aromatic nitrogens is 1. The fraction of sp³-hybridized carbons (Fsp3) is 0.176. The highest BCUT2D eigenvalue weighted by Gasteiger charge is 2.33. The normalized spacial score (nSPS) is 14.0. The van der Waals surface area contributed by atoms with Gasteiger partial charge in [0.15, 0.2) is 0 Å². The van der Waals surface area contributed by atoms with Gasteiger partial charge in [0.1, 0.15) is 5.03 Å². The van der Waals surface area contributed by atoms with Crippen molar-refractivity contribution < 1.29 is 19.2 Å². The van der Waals surface area contributed by atoms with E-state index in [-0.39, 0.29) is 18.4 Å². The quantitative estimate of drug-likeness (QED) is 0.567. The van der Waals surface area contributed by atoms with Crippen molar-refractivity contribution in [2.45, 2.75) is 23.6 Å². The first-order valence-corrected chi connectivity index (χ1v) is 9.83. The Bertz CT molecular complexity index is 782. The zero-order valence-corrected chi connectivity index (χ0v) is 14.7. The average Bonchev–Trinajstić information content (AvgIpc) is 2.95. The van der Waals surface area contributed by atoms with Crippen LogP contribution in [0, 0.1) is 0 Å². The minimum Gasteiger partial charge on any atom is -0.325 e. The van der Waals surface area contributed by atoms with Crippen LogP contribution in [0.25, 0.3) is 0 Å². The van der Waals surface area contributed by atoms with Crippen LogP contribution in [0.5, 0.6) is 0 Å². The number of rotatable bonds is 6. The van der Waals surface area contributed by atoms with E-state index in [4.69, 9.17) is 4.84 Å². The third kappa shape index (κ3) is 4.61. The molecule has 8 heteroatoms. The van der Waals surface area contributed by atoms with Gasteiger partial charge < -0.3 is 4.84 Å². The van der Waals surface area contributed by atoms with Crippen molar-refractivity contribution in [3.8, 4) is 0 Å². The topological polar surface area (TPSA) is 76.6 Å². The Hall–Kier alpha value is -2.32. The summed E-state index contributed by atoms with van der Waals surface area (Å²) in [5, 5.41) is 1.19. The van der Waals surface area contributed by atoms with E-state index >= 15 is 0 Å². The second-order valence-electron chi connectivity index (χ2n) is 5.17. The van der Waals surface area contributed by atoms with Crippen molar-refractivity contribution in [2.75, 3.05) is 0 Å². The maximum Gasteiger partial charge on any atom is 0.364 e. The number of benzene rings is 1. The van der Waals surface area contributed by atoms with Gasteiger partial charge in [-0.25, -0.2) is 9.78 Å². The van der Waals surface area contributed by atoms with Crippen molar-refractivity contribution in [2.24, 2.45) is 0 Å². The predicted molar refractivity (Wildman–Crippen MR) is 94.3 cm³/mol.